The number of aryl methyl sites for hydroxylation is 1. The molecule has 2 aromatic heterocycles. The highest BCUT2D eigenvalue weighted by atomic mass is 19.1. The van der Waals surface area contributed by atoms with Gasteiger partial charge in [-0.05, 0) is 36.2 Å². The summed E-state index contributed by atoms with van der Waals surface area (Å²) in [6.07, 6.45) is 1.76. The largest absolute Gasteiger partial charge is 0.394 e. The summed E-state index contributed by atoms with van der Waals surface area (Å²) in [4.78, 5) is 32.5. The van der Waals surface area contributed by atoms with Crippen molar-refractivity contribution in [3.63, 3.8) is 0 Å². The first-order valence-electron chi connectivity index (χ1n) is 13.7. The van der Waals surface area contributed by atoms with Crippen molar-refractivity contribution in [2.45, 2.75) is 24.9 Å². The maximum absolute atomic E-state index is 14.4. The van der Waals surface area contributed by atoms with E-state index in [9.17, 15) is 18.7 Å². The highest BCUT2D eigenvalue weighted by molar-refractivity contribution is 6.00. The maximum Gasteiger partial charge on any atom is 0.197 e. The molecule has 11 heteroatoms. The van der Waals surface area contributed by atoms with E-state index in [0.717, 1.165) is 17.6 Å². The molecule has 1 saturated heterocycles. The van der Waals surface area contributed by atoms with Crippen LogP contribution in [0.15, 0.2) is 66.9 Å². The molecule has 2 atom stereocenters. The van der Waals surface area contributed by atoms with E-state index in [0.29, 0.717) is 46.8 Å². The number of benzene rings is 3. The maximum atomic E-state index is 14.4. The molecular weight excluding hydrogens is 552 g/mol. The normalized spacial score (nSPS) is 16.5. The molecule has 0 amide bonds. The molecule has 5 aromatic rings. The minimum Gasteiger partial charge on any atom is -0.394 e. The number of aliphatic hydroxyl groups excluding tert-OH is 1. The van der Waals surface area contributed by atoms with Gasteiger partial charge in [0.25, 0.3) is 0 Å². The number of nitrogens with two attached hydrogens (primary N) is 1. The number of nitrogens with zero attached hydrogens (tertiary/aromatic N) is 6. The predicted molar refractivity (Wildman–Crippen MR) is 159 cm³/mol. The summed E-state index contributed by atoms with van der Waals surface area (Å²) in [5.41, 5.74) is 9.72. The quantitative estimate of drug-likeness (QED) is 0.209. The van der Waals surface area contributed by atoms with Gasteiger partial charge in [-0.15, -0.1) is 0 Å². The Bertz CT molecular complexity index is 1900. The third-order valence-electron chi connectivity index (χ3n) is 7.80. The topological polar surface area (TPSA) is 115 Å². The number of ketones is 1. The number of rotatable bonds is 7. The molecule has 3 heterocycles. The highest BCUT2D eigenvalue weighted by Gasteiger charge is 2.34. The van der Waals surface area contributed by atoms with Gasteiger partial charge in [0.2, 0.25) is 0 Å². The number of anilines is 1. The van der Waals surface area contributed by atoms with Crippen molar-refractivity contribution < 1.29 is 18.7 Å². The summed E-state index contributed by atoms with van der Waals surface area (Å²) in [5.74, 6) is -1.69. The van der Waals surface area contributed by atoms with E-state index >= 15 is 0 Å². The van der Waals surface area contributed by atoms with Gasteiger partial charge in [0.1, 0.15) is 28.7 Å². The van der Waals surface area contributed by atoms with Crippen molar-refractivity contribution >= 4 is 28.2 Å². The SMILES string of the molecule is [C-]#[N+]c1ccccc1-c1nc2c(N3C[C@H](N)C[C@H]3CO)c(CC(=O)c3ccnc(-c4c(F)cccc4F)n3)ccc2n1C. The first-order valence-corrected chi connectivity index (χ1v) is 13.7. The zero-order valence-corrected chi connectivity index (χ0v) is 23.2. The van der Waals surface area contributed by atoms with Crippen molar-refractivity contribution in [1.29, 1.82) is 0 Å². The molecular formula is C32H27F2N7O2. The first kappa shape index (κ1) is 28.1. The monoisotopic (exact) mass is 579 g/mol. The number of hydrogen-bond donors (Lipinski definition) is 2. The lowest BCUT2D eigenvalue weighted by Gasteiger charge is -2.28. The summed E-state index contributed by atoms with van der Waals surface area (Å²) < 4.78 is 30.8. The van der Waals surface area contributed by atoms with Crippen LogP contribution >= 0.6 is 0 Å². The minimum atomic E-state index is -0.830. The average Bonchev–Trinajstić information content (AvgIpc) is 3.55. The number of halogens is 2. The summed E-state index contributed by atoms with van der Waals surface area (Å²) in [7, 11) is 1.86. The van der Waals surface area contributed by atoms with E-state index in [-0.39, 0.29) is 42.4 Å². The van der Waals surface area contributed by atoms with Gasteiger partial charge in [-0.3, -0.25) is 4.79 Å². The lowest BCUT2D eigenvalue weighted by Crippen LogP contribution is -2.34. The van der Waals surface area contributed by atoms with Gasteiger partial charge < -0.3 is 20.3 Å². The Morgan fingerprint density at radius 1 is 1.09 bits per heavy atom. The molecule has 1 fully saturated rings. The van der Waals surface area contributed by atoms with Gasteiger partial charge in [0.15, 0.2) is 17.3 Å². The molecule has 0 spiro atoms. The molecule has 0 radical (unpaired) electrons. The third-order valence-corrected chi connectivity index (χ3v) is 7.80. The van der Waals surface area contributed by atoms with E-state index in [1.807, 2.05) is 40.8 Å². The fraction of sp³-hybridized carbons (Fsp3) is 0.219. The molecule has 0 saturated carbocycles. The second-order valence-corrected chi connectivity index (χ2v) is 10.5. The average molecular weight is 580 g/mol. The van der Waals surface area contributed by atoms with E-state index in [2.05, 4.69) is 14.8 Å². The lowest BCUT2D eigenvalue weighted by molar-refractivity contribution is 0.0988. The van der Waals surface area contributed by atoms with Gasteiger partial charge >= 0.3 is 0 Å². The van der Waals surface area contributed by atoms with E-state index in [1.54, 1.807) is 12.1 Å². The molecule has 0 unspecified atom stereocenters. The van der Waals surface area contributed by atoms with Crippen molar-refractivity contribution in [3.8, 4) is 22.8 Å². The number of carbonyl (C=O) groups is 1. The number of aromatic nitrogens is 4. The summed E-state index contributed by atoms with van der Waals surface area (Å²) in [5, 5.41) is 10.2. The van der Waals surface area contributed by atoms with Crippen LogP contribution in [0.2, 0.25) is 0 Å². The van der Waals surface area contributed by atoms with Crippen LogP contribution in [0.5, 0.6) is 0 Å². The van der Waals surface area contributed by atoms with Crippen LogP contribution in [0.3, 0.4) is 0 Å². The van der Waals surface area contributed by atoms with Crippen LogP contribution < -0.4 is 10.6 Å². The van der Waals surface area contributed by atoms with Crippen LogP contribution in [0.25, 0.3) is 38.7 Å². The molecule has 3 aromatic carbocycles. The molecule has 216 valence electrons. The van der Waals surface area contributed by atoms with Gasteiger partial charge in [-0.2, -0.15) is 0 Å². The fourth-order valence-electron chi connectivity index (χ4n) is 5.76. The Morgan fingerprint density at radius 2 is 1.86 bits per heavy atom. The zero-order chi connectivity index (χ0) is 30.2. The van der Waals surface area contributed by atoms with Crippen LogP contribution in [0.4, 0.5) is 20.2 Å². The number of Topliss-reactive ketones (excluding diaryl/α,β-unsaturated/α-hetero) is 1. The Labute approximate surface area is 246 Å². The van der Waals surface area contributed by atoms with Gasteiger partial charge in [-0.25, -0.2) is 28.6 Å². The van der Waals surface area contributed by atoms with E-state index in [4.69, 9.17) is 17.3 Å². The van der Waals surface area contributed by atoms with Crippen LogP contribution in [-0.4, -0.2) is 55.6 Å². The second kappa shape index (κ2) is 11.3. The van der Waals surface area contributed by atoms with Gasteiger partial charge in [0.05, 0.1) is 36.0 Å². The van der Waals surface area contributed by atoms with Crippen molar-refractivity contribution in [2.75, 3.05) is 18.1 Å². The molecule has 9 nitrogen and oxygen atoms in total. The van der Waals surface area contributed by atoms with Crippen LogP contribution in [-0.2, 0) is 13.5 Å². The van der Waals surface area contributed by atoms with Gasteiger partial charge in [-0.1, -0.05) is 36.4 Å². The number of fused-ring (bicyclic) bond motifs is 1. The Kier molecular flexibility index (Phi) is 7.39. The summed E-state index contributed by atoms with van der Waals surface area (Å²) >= 11 is 0. The molecule has 3 N–H and O–H groups in total. The molecule has 43 heavy (non-hydrogen) atoms. The molecule has 0 aliphatic carbocycles. The molecule has 0 bridgehead atoms. The van der Waals surface area contributed by atoms with E-state index < -0.39 is 17.2 Å². The Balaban J connectivity index is 1.47. The Morgan fingerprint density at radius 3 is 2.60 bits per heavy atom. The van der Waals surface area contributed by atoms with E-state index in [1.165, 1.54) is 18.3 Å². The Hall–Kier alpha value is -5.05. The van der Waals surface area contributed by atoms with Gasteiger partial charge in [0, 0.05) is 37.8 Å². The molecule has 1 aliphatic rings. The number of imidazole rings is 1. The molecule has 1 aliphatic heterocycles. The number of hydrogen-bond acceptors (Lipinski definition) is 7. The number of carbonyl (C=O) groups excluding carboxylic acids is 1. The summed E-state index contributed by atoms with van der Waals surface area (Å²) in [6, 6.07) is 15.3. The van der Waals surface area contributed by atoms with Crippen LogP contribution in [0.1, 0.15) is 22.5 Å². The lowest BCUT2D eigenvalue weighted by atomic mass is 10.0. The number of aliphatic hydroxyl groups is 1. The van der Waals surface area contributed by atoms with Crippen molar-refractivity contribution in [2.24, 2.45) is 12.8 Å². The first-order chi connectivity index (χ1) is 20.8. The fourth-order valence-corrected chi connectivity index (χ4v) is 5.76. The van der Waals surface area contributed by atoms with Crippen molar-refractivity contribution in [3.05, 3.63) is 101 Å². The van der Waals surface area contributed by atoms with Crippen LogP contribution in [0, 0.1) is 18.2 Å². The standard InChI is InChI=1S/C32H27F2N7O2/c1-36-24-9-4-3-6-21(24)32-39-29-26(40(32)2)11-10-18(30(29)41-16-19(35)15-20(41)17-42)14-27(43)25-12-13-37-31(38-25)28-22(33)7-5-8-23(28)34/h3-13,19-20,42H,14-17,35H2,2H3/t19-,20+/m1/s1. The molecule has 6 rings (SSSR count). The second-order valence-electron chi connectivity index (χ2n) is 10.5. The summed E-state index contributed by atoms with van der Waals surface area (Å²) in [6.45, 7) is 7.93. The predicted octanol–water partition coefficient (Wildman–Crippen LogP) is 4.85. The highest BCUT2D eigenvalue weighted by Crippen LogP contribution is 2.39. The smallest absolute Gasteiger partial charge is 0.197 e. The minimum absolute atomic E-state index is 0.00299. The third kappa shape index (κ3) is 5.01. The van der Waals surface area contributed by atoms with Crippen molar-refractivity contribution in [1.82, 2.24) is 19.5 Å². The zero-order valence-electron chi connectivity index (χ0n) is 23.2. The number of para-hydroxylation sites is 1.